The third kappa shape index (κ3) is 4.94. The van der Waals surface area contributed by atoms with Gasteiger partial charge in [-0.05, 0) is 43.5 Å². The van der Waals surface area contributed by atoms with Crippen molar-refractivity contribution in [1.29, 1.82) is 0 Å². The molecule has 160 valence electrons. The molecule has 0 radical (unpaired) electrons. The number of esters is 1. The molecule has 6 nitrogen and oxygen atoms in total. The van der Waals surface area contributed by atoms with E-state index >= 15 is 0 Å². The average Bonchev–Trinajstić information content (AvgIpc) is 3.33. The third-order valence-corrected chi connectivity index (χ3v) is 6.23. The van der Waals surface area contributed by atoms with E-state index in [0.717, 1.165) is 35.5 Å². The molecular weight excluding hydrogens is 412 g/mol. The Labute approximate surface area is 185 Å². The molecule has 0 aliphatic carbocycles. The zero-order chi connectivity index (χ0) is 21.6. The Morgan fingerprint density at radius 2 is 1.97 bits per heavy atom. The summed E-state index contributed by atoms with van der Waals surface area (Å²) in [6.45, 7) is 0.713. The van der Waals surface area contributed by atoms with E-state index in [2.05, 4.69) is 0 Å². The van der Waals surface area contributed by atoms with Crippen LogP contribution >= 0.6 is 11.3 Å². The van der Waals surface area contributed by atoms with Crippen LogP contribution in [-0.2, 0) is 9.53 Å². The van der Waals surface area contributed by atoms with Crippen LogP contribution in [0, 0.1) is 0 Å². The van der Waals surface area contributed by atoms with Crippen LogP contribution in [0.3, 0.4) is 0 Å². The van der Waals surface area contributed by atoms with Gasteiger partial charge in [-0.25, -0.2) is 9.78 Å². The van der Waals surface area contributed by atoms with Gasteiger partial charge in [-0.1, -0.05) is 30.3 Å². The number of methoxy groups -OCH3 is 1. The summed E-state index contributed by atoms with van der Waals surface area (Å²) in [5, 5.41) is 2.83. The number of hydrogen-bond acceptors (Lipinski definition) is 6. The Morgan fingerprint density at radius 1 is 1.13 bits per heavy atom. The van der Waals surface area contributed by atoms with Crippen LogP contribution in [0.2, 0.25) is 0 Å². The summed E-state index contributed by atoms with van der Waals surface area (Å²) >= 11 is 1.52. The minimum Gasteiger partial charge on any atom is -0.484 e. The number of nitrogens with zero attached hydrogens (tertiary/aromatic N) is 2. The molecule has 4 rings (SSSR count). The first-order chi connectivity index (χ1) is 15.2. The van der Waals surface area contributed by atoms with E-state index in [4.69, 9.17) is 14.5 Å². The van der Waals surface area contributed by atoms with E-state index in [9.17, 15) is 9.59 Å². The fourth-order valence-corrected chi connectivity index (χ4v) is 4.61. The second-order valence-corrected chi connectivity index (χ2v) is 8.21. The van der Waals surface area contributed by atoms with Gasteiger partial charge in [0.05, 0.1) is 24.4 Å². The van der Waals surface area contributed by atoms with Crippen molar-refractivity contribution in [3.63, 3.8) is 0 Å². The highest BCUT2D eigenvalue weighted by molar-refractivity contribution is 7.13. The molecule has 1 aromatic heterocycles. The molecule has 0 bridgehead atoms. The fraction of sp³-hybridized carbons (Fsp3) is 0.292. The molecular formula is C24H24N2O4S. The molecule has 3 aromatic rings. The Kier molecular flexibility index (Phi) is 6.62. The summed E-state index contributed by atoms with van der Waals surface area (Å²) in [4.78, 5) is 31.4. The molecule has 1 unspecified atom stereocenters. The smallest absolute Gasteiger partial charge is 0.337 e. The van der Waals surface area contributed by atoms with E-state index < -0.39 is 0 Å². The van der Waals surface area contributed by atoms with Crippen LogP contribution in [-0.4, -0.2) is 42.0 Å². The van der Waals surface area contributed by atoms with Crippen LogP contribution in [0.1, 0.15) is 41.4 Å². The number of para-hydroxylation sites is 1. The summed E-state index contributed by atoms with van der Waals surface area (Å²) in [5.41, 5.74) is 2.24. The minimum atomic E-state index is -0.374. The van der Waals surface area contributed by atoms with Gasteiger partial charge in [-0.2, -0.15) is 0 Å². The molecule has 1 aliphatic rings. The van der Waals surface area contributed by atoms with Gasteiger partial charge in [0.15, 0.2) is 6.61 Å². The molecule has 1 saturated heterocycles. The normalized spacial score (nSPS) is 16.0. The second-order valence-electron chi connectivity index (χ2n) is 7.35. The summed E-state index contributed by atoms with van der Waals surface area (Å²) in [6.07, 6.45) is 2.91. The van der Waals surface area contributed by atoms with Crippen molar-refractivity contribution in [2.75, 3.05) is 20.3 Å². The number of carbonyl (C=O) groups excluding carboxylic acids is 2. The number of carbonyl (C=O) groups is 2. The molecule has 1 aliphatic heterocycles. The van der Waals surface area contributed by atoms with Crippen molar-refractivity contribution >= 4 is 23.2 Å². The molecule has 2 aromatic carbocycles. The van der Waals surface area contributed by atoms with Crippen molar-refractivity contribution in [2.45, 2.75) is 25.3 Å². The standard InChI is InChI=1S/C24H24N2O4S/c1-29-24(28)18-9-7-8-17(14-18)23-25-20(16-31-23)21-12-5-6-13-26(21)22(27)15-30-19-10-3-2-4-11-19/h2-4,7-11,14,16,21H,5-6,12-13,15H2,1H3. The van der Waals surface area contributed by atoms with Gasteiger partial charge in [-0.15, -0.1) is 11.3 Å². The van der Waals surface area contributed by atoms with Crippen molar-refractivity contribution in [3.05, 3.63) is 71.2 Å². The van der Waals surface area contributed by atoms with E-state index in [1.807, 2.05) is 52.7 Å². The zero-order valence-electron chi connectivity index (χ0n) is 17.3. The van der Waals surface area contributed by atoms with Gasteiger partial charge >= 0.3 is 5.97 Å². The first-order valence-corrected chi connectivity index (χ1v) is 11.1. The predicted octanol–water partition coefficient (Wildman–Crippen LogP) is 4.73. The minimum absolute atomic E-state index is 0.0126. The number of ether oxygens (including phenoxy) is 2. The molecule has 7 heteroatoms. The summed E-state index contributed by atoms with van der Waals surface area (Å²) < 4.78 is 10.5. The maximum atomic E-state index is 12.9. The number of likely N-dealkylation sites (tertiary alicyclic amines) is 1. The zero-order valence-corrected chi connectivity index (χ0v) is 18.1. The number of thiazole rings is 1. The van der Waals surface area contributed by atoms with Gasteiger partial charge in [0.2, 0.25) is 0 Å². The quantitative estimate of drug-likeness (QED) is 0.523. The van der Waals surface area contributed by atoms with Crippen molar-refractivity contribution < 1.29 is 19.1 Å². The Balaban J connectivity index is 1.49. The molecule has 1 atom stereocenters. The highest BCUT2D eigenvalue weighted by Gasteiger charge is 2.30. The van der Waals surface area contributed by atoms with Crippen LogP contribution in [0.4, 0.5) is 0 Å². The molecule has 1 amide bonds. The molecule has 1 fully saturated rings. The summed E-state index contributed by atoms with van der Waals surface area (Å²) in [6, 6.07) is 16.6. The fourth-order valence-electron chi connectivity index (χ4n) is 3.75. The van der Waals surface area contributed by atoms with Crippen LogP contribution in [0.15, 0.2) is 60.0 Å². The van der Waals surface area contributed by atoms with Crippen LogP contribution < -0.4 is 4.74 Å². The molecule has 0 spiro atoms. The van der Waals surface area contributed by atoms with Gasteiger partial charge in [0, 0.05) is 17.5 Å². The predicted molar refractivity (Wildman–Crippen MR) is 119 cm³/mol. The van der Waals surface area contributed by atoms with Gasteiger partial charge in [0.1, 0.15) is 10.8 Å². The van der Waals surface area contributed by atoms with E-state index in [-0.39, 0.29) is 24.5 Å². The lowest BCUT2D eigenvalue weighted by molar-refractivity contribution is -0.137. The molecule has 0 saturated carbocycles. The Morgan fingerprint density at radius 3 is 2.77 bits per heavy atom. The lowest BCUT2D eigenvalue weighted by atomic mass is 10.00. The van der Waals surface area contributed by atoms with Crippen molar-refractivity contribution in [3.8, 4) is 16.3 Å². The first-order valence-electron chi connectivity index (χ1n) is 10.3. The average molecular weight is 437 g/mol. The number of hydrogen-bond donors (Lipinski definition) is 0. The van der Waals surface area contributed by atoms with Gasteiger partial charge in [-0.3, -0.25) is 4.79 Å². The van der Waals surface area contributed by atoms with Gasteiger partial charge in [0.25, 0.3) is 5.91 Å². The maximum Gasteiger partial charge on any atom is 0.337 e. The number of piperidine rings is 1. The highest BCUT2D eigenvalue weighted by Crippen LogP contribution is 2.34. The van der Waals surface area contributed by atoms with E-state index in [1.54, 1.807) is 12.1 Å². The highest BCUT2D eigenvalue weighted by atomic mass is 32.1. The number of amides is 1. The van der Waals surface area contributed by atoms with Crippen molar-refractivity contribution in [1.82, 2.24) is 9.88 Å². The van der Waals surface area contributed by atoms with Crippen LogP contribution in [0.25, 0.3) is 10.6 Å². The molecule has 0 N–H and O–H groups in total. The molecule has 2 heterocycles. The third-order valence-electron chi connectivity index (χ3n) is 5.32. The lowest BCUT2D eigenvalue weighted by Crippen LogP contribution is -2.41. The number of rotatable bonds is 6. The summed E-state index contributed by atoms with van der Waals surface area (Å²) in [7, 11) is 1.37. The van der Waals surface area contributed by atoms with Crippen molar-refractivity contribution in [2.24, 2.45) is 0 Å². The number of aromatic nitrogens is 1. The Hall–Kier alpha value is -3.19. The maximum absolute atomic E-state index is 12.9. The molecule has 31 heavy (non-hydrogen) atoms. The second kappa shape index (κ2) is 9.75. The first kappa shape index (κ1) is 21.1. The topological polar surface area (TPSA) is 68.7 Å². The largest absolute Gasteiger partial charge is 0.484 e. The van der Waals surface area contributed by atoms with Gasteiger partial charge < -0.3 is 14.4 Å². The summed E-state index contributed by atoms with van der Waals surface area (Å²) in [5.74, 6) is 0.280. The van der Waals surface area contributed by atoms with E-state index in [0.29, 0.717) is 17.9 Å². The van der Waals surface area contributed by atoms with E-state index in [1.165, 1.54) is 18.4 Å². The van der Waals surface area contributed by atoms with Crippen LogP contribution in [0.5, 0.6) is 5.75 Å². The number of benzene rings is 2. The monoisotopic (exact) mass is 436 g/mol. The lowest BCUT2D eigenvalue weighted by Gasteiger charge is -2.34. The SMILES string of the molecule is COC(=O)c1cccc(-c2nc(C3CCCCN3C(=O)COc3ccccc3)cs2)c1. The Bertz CT molecular complexity index is 1050.